The van der Waals surface area contributed by atoms with Gasteiger partial charge in [0, 0.05) is 11.5 Å². The van der Waals surface area contributed by atoms with Crippen LogP contribution in [0.2, 0.25) is 0 Å². The lowest BCUT2D eigenvalue weighted by Gasteiger charge is -2.01. The van der Waals surface area contributed by atoms with Crippen LogP contribution < -0.4 is 0 Å². The predicted octanol–water partition coefficient (Wildman–Crippen LogP) is 2.13. The van der Waals surface area contributed by atoms with Gasteiger partial charge in [0.05, 0.1) is 5.56 Å². The summed E-state index contributed by atoms with van der Waals surface area (Å²) in [6.07, 6.45) is 0. The van der Waals surface area contributed by atoms with E-state index in [0.717, 1.165) is 17.1 Å². The van der Waals surface area contributed by atoms with Crippen LogP contribution in [-0.2, 0) is 11.5 Å². The van der Waals surface area contributed by atoms with Gasteiger partial charge in [-0.1, -0.05) is 12.1 Å². The molecule has 62 valence electrons. The number of hydrogen-bond acceptors (Lipinski definition) is 2. The zero-order valence-corrected chi connectivity index (χ0v) is 7.23. The molecule has 1 N–H and O–H groups in total. The van der Waals surface area contributed by atoms with Crippen molar-refractivity contribution >= 4 is 17.7 Å². The topological polar surface area (TPSA) is 37.3 Å². The second kappa shape index (κ2) is 2.83. The van der Waals surface area contributed by atoms with Crippen molar-refractivity contribution in [3.05, 3.63) is 34.9 Å². The molecule has 3 heteroatoms. The molecule has 1 aliphatic heterocycles. The third kappa shape index (κ3) is 1.10. The Kier molecular flexibility index (Phi) is 1.81. The molecule has 1 heterocycles. The van der Waals surface area contributed by atoms with Gasteiger partial charge in [-0.15, -0.1) is 0 Å². The van der Waals surface area contributed by atoms with Crippen LogP contribution in [0.15, 0.2) is 18.2 Å². The standard InChI is InChI=1S/C9H8O2S/c10-9(11)7-3-1-2-6-4-12-5-8(6)7/h1-3H,4-5H2,(H,10,11). The molecular formula is C9H8O2S. The number of benzene rings is 1. The molecule has 0 unspecified atom stereocenters. The minimum atomic E-state index is -0.811. The molecule has 0 aromatic heterocycles. The lowest BCUT2D eigenvalue weighted by atomic mass is 10.0. The first kappa shape index (κ1) is 7.68. The predicted molar refractivity (Wildman–Crippen MR) is 48.4 cm³/mol. The Morgan fingerprint density at radius 3 is 3.00 bits per heavy atom. The molecule has 0 radical (unpaired) electrons. The molecule has 2 nitrogen and oxygen atoms in total. The largest absolute Gasteiger partial charge is 0.478 e. The van der Waals surface area contributed by atoms with Crippen LogP contribution >= 0.6 is 11.8 Å². The molecule has 12 heavy (non-hydrogen) atoms. The SMILES string of the molecule is O=C(O)c1cccc2c1CSC2. The number of hydrogen-bond donors (Lipinski definition) is 1. The van der Waals surface area contributed by atoms with Gasteiger partial charge in [0.15, 0.2) is 0 Å². The fraction of sp³-hybridized carbons (Fsp3) is 0.222. The molecule has 0 bridgehead atoms. The van der Waals surface area contributed by atoms with Crippen LogP contribution in [0, 0.1) is 0 Å². The van der Waals surface area contributed by atoms with Gasteiger partial charge < -0.3 is 5.11 Å². The molecule has 0 amide bonds. The number of aromatic carboxylic acids is 1. The normalized spacial score (nSPS) is 14.3. The Balaban J connectivity index is 2.56. The van der Waals surface area contributed by atoms with Crippen molar-refractivity contribution in [2.24, 2.45) is 0 Å². The van der Waals surface area contributed by atoms with E-state index in [0.29, 0.717) is 5.56 Å². The van der Waals surface area contributed by atoms with Crippen LogP contribution in [0.5, 0.6) is 0 Å². The van der Waals surface area contributed by atoms with Crippen molar-refractivity contribution in [2.45, 2.75) is 11.5 Å². The van der Waals surface area contributed by atoms with Gasteiger partial charge in [-0.2, -0.15) is 11.8 Å². The fourth-order valence-electron chi connectivity index (χ4n) is 1.40. The molecule has 0 fully saturated rings. The van der Waals surface area contributed by atoms with Gasteiger partial charge in [0.1, 0.15) is 0 Å². The number of thioether (sulfide) groups is 1. The summed E-state index contributed by atoms with van der Waals surface area (Å²) in [6.45, 7) is 0. The molecule has 2 rings (SSSR count). The summed E-state index contributed by atoms with van der Waals surface area (Å²) in [5.41, 5.74) is 2.66. The fourth-order valence-corrected chi connectivity index (χ4v) is 2.54. The van der Waals surface area contributed by atoms with Crippen LogP contribution in [0.3, 0.4) is 0 Å². The van der Waals surface area contributed by atoms with E-state index in [2.05, 4.69) is 0 Å². The summed E-state index contributed by atoms with van der Waals surface area (Å²) in [5, 5.41) is 8.84. The summed E-state index contributed by atoms with van der Waals surface area (Å²) < 4.78 is 0. The van der Waals surface area contributed by atoms with Gasteiger partial charge >= 0.3 is 5.97 Å². The third-order valence-corrected chi connectivity index (χ3v) is 3.02. The Morgan fingerprint density at radius 2 is 2.25 bits per heavy atom. The number of fused-ring (bicyclic) bond motifs is 1. The summed E-state index contributed by atoms with van der Waals surface area (Å²) in [7, 11) is 0. The summed E-state index contributed by atoms with van der Waals surface area (Å²) in [5.74, 6) is 0.989. The van der Waals surface area contributed by atoms with E-state index in [-0.39, 0.29) is 0 Å². The van der Waals surface area contributed by atoms with Crippen molar-refractivity contribution in [3.8, 4) is 0 Å². The van der Waals surface area contributed by atoms with E-state index in [1.165, 1.54) is 5.56 Å². The molecular weight excluding hydrogens is 172 g/mol. The minimum absolute atomic E-state index is 0.470. The highest BCUT2D eigenvalue weighted by Crippen LogP contribution is 2.31. The van der Waals surface area contributed by atoms with Crippen LogP contribution in [0.4, 0.5) is 0 Å². The van der Waals surface area contributed by atoms with Gasteiger partial charge in [-0.3, -0.25) is 0 Å². The second-order valence-electron chi connectivity index (χ2n) is 2.74. The van der Waals surface area contributed by atoms with E-state index in [4.69, 9.17) is 5.11 Å². The minimum Gasteiger partial charge on any atom is -0.478 e. The monoisotopic (exact) mass is 180 g/mol. The molecule has 0 atom stereocenters. The zero-order valence-electron chi connectivity index (χ0n) is 6.41. The lowest BCUT2D eigenvalue weighted by molar-refractivity contribution is 0.0696. The number of carboxylic acid groups (broad SMARTS) is 1. The van der Waals surface area contributed by atoms with E-state index >= 15 is 0 Å². The number of carbonyl (C=O) groups is 1. The Bertz CT molecular complexity index is 333. The highest BCUT2D eigenvalue weighted by molar-refractivity contribution is 7.98. The van der Waals surface area contributed by atoms with Gasteiger partial charge in [0.2, 0.25) is 0 Å². The highest BCUT2D eigenvalue weighted by atomic mass is 32.2. The number of carboxylic acids is 1. The zero-order chi connectivity index (χ0) is 8.55. The molecule has 0 saturated heterocycles. The van der Waals surface area contributed by atoms with Crippen molar-refractivity contribution < 1.29 is 9.90 Å². The van der Waals surface area contributed by atoms with Crippen molar-refractivity contribution in [2.75, 3.05) is 0 Å². The molecule has 0 saturated carbocycles. The van der Waals surface area contributed by atoms with E-state index in [1.54, 1.807) is 17.8 Å². The van der Waals surface area contributed by atoms with E-state index in [9.17, 15) is 4.79 Å². The maximum Gasteiger partial charge on any atom is 0.336 e. The van der Waals surface area contributed by atoms with Gasteiger partial charge in [0.25, 0.3) is 0 Å². The van der Waals surface area contributed by atoms with E-state index < -0.39 is 5.97 Å². The average Bonchev–Trinajstić information content (AvgIpc) is 2.49. The maximum absolute atomic E-state index is 10.8. The number of rotatable bonds is 1. The first-order valence-corrected chi connectivity index (χ1v) is 4.86. The highest BCUT2D eigenvalue weighted by Gasteiger charge is 2.17. The smallest absolute Gasteiger partial charge is 0.336 e. The first-order chi connectivity index (χ1) is 5.79. The van der Waals surface area contributed by atoms with Crippen LogP contribution in [-0.4, -0.2) is 11.1 Å². The lowest BCUT2D eigenvalue weighted by Crippen LogP contribution is -2.01. The van der Waals surface area contributed by atoms with Gasteiger partial charge in [-0.25, -0.2) is 4.79 Å². The van der Waals surface area contributed by atoms with Crippen molar-refractivity contribution in [1.82, 2.24) is 0 Å². The first-order valence-electron chi connectivity index (χ1n) is 3.71. The van der Waals surface area contributed by atoms with Crippen LogP contribution in [0.25, 0.3) is 0 Å². The molecule has 1 aliphatic rings. The Hall–Kier alpha value is -0.960. The van der Waals surface area contributed by atoms with Crippen LogP contribution in [0.1, 0.15) is 21.5 Å². The third-order valence-electron chi connectivity index (χ3n) is 2.01. The van der Waals surface area contributed by atoms with E-state index in [1.807, 2.05) is 12.1 Å². The molecule has 0 spiro atoms. The molecule has 0 aliphatic carbocycles. The summed E-state index contributed by atoms with van der Waals surface area (Å²) in [6, 6.07) is 5.49. The average molecular weight is 180 g/mol. The maximum atomic E-state index is 10.8. The quantitative estimate of drug-likeness (QED) is 0.719. The molecule has 1 aromatic rings. The van der Waals surface area contributed by atoms with Gasteiger partial charge in [-0.05, 0) is 17.2 Å². The Morgan fingerprint density at radius 1 is 1.42 bits per heavy atom. The Labute approximate surface area is 74.6 Å². The van der Waals surface area contributed by atoms with Crippen molar-refractivity contribution in [3.63, 3.8) is 0 Å². The summed E-state index contributed by atoms with van der Waals surface area (Å²) >= 11 is 1.77. The molecule has 1 aromatic carbocycles. The second-order valence-corrected chi connectivity index (χ2v) is 3.73. The summed E-state index contributed by atoms with van der Waals surface area (Å²) in [4.78, 5) is 10.8. The van der Waals surface area contributed by atoms with Crippen molar-refractivity contribution in [1.29, 1.82) is 0 Å².